The van der Waals surface area contributed by atoms with Crippen LogP contribution >= 0.6 is 0 Å². The molecule has 2 N–H and O–H groups in total. The molecule has 3 aromatic rings. The molecule has 0 aliphatic carbocycles. The van der Waals surface area contributed by atoms with Crippen LogP contribution in [0.5, 0.6) is 11.5 Å². The average Bonchev–Trinajstić information content (AvgIpc) is 3.31. The van der Waals surface area contributed by atoms with Crippen LogP contribution in [0.25, 0.3) is 10.9 Å². The monoisotopic (exact) mass is 436 g/mol. The molecule has 0 saturated carbocycles. The number of rotatable bonds is 9. The third kappa shape index (κ3) is 5.16. The number of ether oxygens (including phenoxy) is 2. The van der Waals surface area contributed by atoms with Crippen LogP contribution in [0.2, 0.25) is 0 Å². The van der Waals surface area contributed by atoms with Gasteiger partial charge < -0.3 is 24.7 Å². The maximum Gasteiger partial charge on any atom is 0.251 e. The van der Waals surface area contributed by atoms with Crippen LogP contribution in [-0.4, -0.2) is 69.3 Å². The number of aromatic nitrogens is 1. The number of amides is 1. The molecule has 0 bridgehead atoms. The SMILES string of the molecule is COc1ccc(N2CCN(CCCCNC(=O)c3ccc4[nH]ccc4c3)CC2)c(OC)c1. The van der Waals surface area contributed by atoms with E-state index in [9.17, 15) is 4.79 Å². The van der Waals surface area contributed by atoms with Gasteiger partial charge in [-0.05, 0) is 55.8 Å². The van der Waals surface area contributed by atoms with Gasteiger partial charge in [-0.25, -0.2) is 0 Å². The Hall–Kier alpha value is -3.19. The standard InChI is InChI=1S/C25H32N4O3/c1-31-21-6-8-23(24(18-21)32-2)29-15-13-28(14-16-29)12-4-3-10-27-25(30)20-5-7-22-19(17-20)9-11-26-22/h5-9,11,17-18,26H,3-4,10,12-16H2,1-2H3,(H,27,30). The first kappa shape index (κ1) is 22.0. The molecule has 0 radical (unpaired) electrons. The normalized spacial score (nSPS) is 14.5. The fourth-order valence-electron chi connectivity index (χ4n) is 4.22. The molecule has 32 heavy (non-hydrogen) atoms. The van der Waals surface area contributed by atoms with Gasteiger partial charge in [0.25, 0.3) is 5.91 Å². The molecule has 7 nitrogen and oxygen atoms in total. The topological polar surface area (TPSA) is 69.8 Å². The minimum atomic E-state index is -0.00449. The van der Waals surface area contributed by atoms with E-state index in [1.54, 1.807) is 14.2 Å². The number of nitrogens with zero attached hydrogens (tertiary/aromatic N) is 2. The number of hydrogen-bond acceptors (Lipinski definition) is 5. The Balaban J connectivity index is 1.16. The third-order valence-corrected chi connectivity index (χ3v) is 6.10. The zero-order valence-electron chi connectivity index (χ0n) is 18.9. The minimum Gasteiger partial charge on any atom is -0.497 e. The van der Waals surface area contributed by atoms with Gasteiger partial charge in [-0.15, -0.1) is 0 Å². The molecule has 1 aromatic heterocycles. The van der Waals surface area contributed by atoms with Crippen molar-refractivity contribution < 1.29 is 14.3 Å². The molecule has 170 valence electrons. The summed E-state index contributed by atoms with van der Waals surface area (Å²) in [7, 11) is 3.37. The lowest BCUT2D eigenvalue weighted by Crippen LogP contribution is -2.46. The number of methoxy groups -OCH3 is 2. The highest BCUT2D eigenvalue weighted by Crippen LogP contribution is 2.32. The summed E-state index contributed by atoms with van der Waals surface area (Å²) in [5, 5.41) is 4.10. The minimum absolute atomic E-state index is 0.00449. The molecular formula is C25H32N4O3. The second kappa shape index (κ2) is 10.4. The number of unbranched alkanes of at least 4 members (excludes halogenated alkanes) is 1. The number of aromatic amines is 1. The van der Waals surface area contributed by atoms with E-state index in [1.165, 1.54) is 0 Å². The van der Waals surface area contributed by atoms with Crippen LogP contribution in [0.4, 0.5) is 5.69 Å². The summed E-state index contributed by atoms with van der Waals surface area (Å²) in [6, 6.07) is 13.7. The highest BCUT2D eigenvalue weighted by atomic mass is 16.5. The quantitative estimate of drug-likeness (QED) is 0.503. The van der Waals surface area contributed by atoms with Crippen molar-refractivity contribution in [3.05, 3.63) is 54.2 Å². The second-order valence-electron chi connectivity index (χ2n) is 8.11. The molecule has 2 aromatic carbocycles. The van der Waals surface area contributed by atoms with Crippen LogP contribution in [0, 0.1) is 0 Å². The number of nitrogens with one attached hydrogen (secondary N) is 2. The summed E-state index contributed by atoms with van der Waals surface area (Å²) in [5.41, 5.74) is 2.88. The highest BCUT2D eigenvalue weighted by molar-refractivity contribution is 5.98. The predicted molar refractivity (Wildman–Crippen MR) is 128 cm³/mol. The second-order valence-corrected chi connectivity index (χ2v) is 8.11. The van der Waals surface area contributed by atoms with E-state index in [4.69, 9.17) is 9.47 Å². The van der Waals surface area contributed by atoms with Crippen molar-refractivity contribution >= 4 is 22.5 Å². The number of fused-ring (bicyclic) bond motifs is 1. The summed E-state index contributed by atoms with van der Waals surface area (Å²) in [4.78, 5) is 20.4. The number of benzene rings is 2. The molecule has 7 heteroatoms. The van der Waals surface area contributed by atoms with Crippen molar-refractivity contribution in [1.29, 1.82) is 0 Å². The van der Waals surface area contributed by atoms with Crippen LogP contribution in [0.1, 0.15) is 23.2 Å². The molecule has 1 aliphatic heterocycles. The molecule has 1 amide bonds. The lowest BCUT2D eigenvalue weighted by Gasteiger charge is -2.36. The molecule has 1 aliphatic rings. The first-order valence-electron chi connectivity index (χ1n) is 11.2. The van der Waals surface area contributed by atoms with E-state index in [-0.39, 0.29) is 5.91 Å². The molecular weight excluding hydrogens is 404 g/mol. The number of hydrogen-bond donors (Lipinski definition) is 2. The number of anilines is 1. The van der Waals surface area contributed by atoms with E-state index in [2.05, 4.69) is 26.2 Å². The third-order valence-electron chi connectivity index (χ3n) is 6.10. The number of piperazine rings is 1. The van der Waals surface area contributed by atoms with Gasteiger partial charge in [0.2, 0.25) is 0 Å². The highest BCUT2D eigenvalue weighted by Gasteiger charge is 2.19. The number of carbonyl (C=O) groups is 1. The zero-order valence-corrected chi connectivity index (χ0v) is 18.9. The first-order valence-corrected chi connectivity index (χ1v) is 11.2. The van der Waals surface area contributed by atoms with Crippen molar-refractivity contribution in [3.8, 4) is 11.5 Å². The van der Waals surface area contributed by atoms with Crippen LogP contribution < -0.4 is 19.7 Å². The molecule has 0 spiro atoms. The summed E-state index contributed by atoms with van der Waals surface area (Å²) in [6.45, 7) is 5.75. The average molecular weight is 437 g/mol. The zero-order chi connectivity index (χ0) is 22.3. The maximum absolute atomic E-state index is 12.4. The van der Waals surface area contributed by atoms with Gasteiger partial charge in [-0.1, -0.05) is 0 Å². The van der Waals surface area contributed by atoms with E-state index in [1.807, 2.05) is 42.6 Å². The Morgan fingerprint density at radius 1 is 1.00 bits per heavy atom. The number of H-pyrrole nitrogens is 1. The fraction of sp³-hybridized carbons (Fsp3) is 0.400. The van der Waals surface area contributed by atoms with Gasteiger partial charge in [0, 0.05) is 61.5 Å². The maximum atomic E-state index is 12.4. The summed E-state index contributed by atoms with van der Waals surface area (Å²) < 4.78 is 10.9. The molecule has 1 saturated heterocycles. The van der Waals surface area contributed by atoms with Gasteiger partial charge in [0.1, 0.15) is 11.5 Å². The van der Waals surface area contributed by atoms with E-state index >= 15 is 0 Å². The lowest BCUT2D eigenvalue weighted by molar-refractivity contribution is 0.0952. The Labute approximate surface area is 189 Å². The molecule has 0 unspecified atom stereocenters. The van der Waals surface area contributed by atoms with Gasteiger partial charge in [-0.3, -0.25) is 9.69 Å². The fourth-order valence-corrected chi connectivity index (χ4v) is 4.22. The summed E-state index contributed by atoms with van der Waals surface area (Å²) in [6.07, 6.45) is 3.94. The van der Waals surface area contributed by atoms with Crippen molar-refractivity contribution in [1.82, 2.24) is 15.2 Å². The van der Waals surface area contributed by atoms with E-state index in [0.29, 0.717) is 12.1 Å². The number of carbonyl (C=O) groups excluding carboxylic acids is 1. The predicted octanol–water partition coefficient (Wildman–Crippen LogP) is 3.52. The van der Waals surface area contributed by atoms with E-state index in [0.717, 1.165) is 73.7 Å². The van der Waals surface area contributed by atoms with Crippen LogP contribution in [0.15, 0.2) is 48.7 Å². The Bertz CT molecular complexity index is 1040. The first-order chi connectivity index (χ1) is 15.7. The van der Waals surface area contributed by atoms with Crippen LogP contribution in [0.3, 0.4) is 0 Å². The van der Waals surface area contributed by atoms with Crippen molar-refractivity contribution in [2.75, 3.05) is 58.4 Å². The smallest absolute Gasteiger partial charge is 0.251 e. The lowest BCUT2D eigenvalue weighted by atomic mass is 10.1. The Kier molecular flexibility index (Phi) is 7.17. The molecule has 4 rings (SSSR count). The molecule has 2 heterocycles. The summed E-state index contributed by atoms with van der Waals surface area (Å²) >= 11 is 0. The Morgan fingerprint density at radius 3 is 2.62 bits per heavy atom. The molecule has 0 atom stereocenters. The Morgan fingerprint density at radius 2 is 1.84 bits per heavy atom. The molecule has 1 fully saturated rings. The van der Waals surface area contributed by atoms with Gasteiger partial charge in [-0.2, -0.15) is 0 Å². The van der Waals surface area contributed by atoms with Crippen LogP contribution in [-0.2, 0) is 0 Å². The van der Waals surface area contributed by atoms with Gasteiger partial charge >= 0.3 is 0 Å². The van der Waals surface area contributed by atoms with Gasteiger partial charge in [0.15, 0.2) is 0 Å². The largest absolute Gasteiger partial charge is 0.497 e. The van der Waals surface area contributed by atoms with E-state index < -0.39 is 0 Å². The van der Waals surface area contributed by atoms with Gasteiger partial charge in [0.05, 0.1) is 19.9 Å². The van der Waals surface area contributed by atoms with Crippen molar-refractivity contribution in [2.45, 2.75) is 12.8 Å². The van der Waals surface area contributed by atoms with Crippen molar-refractivity contribution in [3.63, 3.8) is 0 Å². The van der Waals surface area contributed by atoms with Crippen molar-refractivity contribution in [2.24, 2.45) is 0 Å². The summed E-state index contributed by atoms with van der Waals surface area (Å²) in [5.74, 6) is 1.65.